The minimum Gasteiger partial charge on any atom is -0.393 e. The van der Waals surface area contributed by atoms with E-state index in [4.69, 9.17) is 0 Å². The van der Waals surface area contributed by atoms with Crippen molar-refractivity contribution in [3.8, 4) is 0 Å². The molecule has 168 valence electrons. The Bertz CT molecular complexity index is 723. The van der Waals surface area contributed by atoms with Crippen molar-refractivity contribution >= 4 is 12.1 Å². The van der Waals surface area contributed by atoms with E-state index in [1.54, 1.807) is 6.08 Å². The summed E-state index contributed by atoms with van der Waals surface area (Å²) in [4.78, 5) is 25.4. The van der Waals surface area contributed by atoms with Gasteiger partial charge >= 0.3 is 0 Å². The third-order valence-electron chi connectivity index (χ3n) is 8.63. The van der Waals surface area contributed by atoms with E-state index < -0.39 is 17.6 Å². The molecule has 0 aromatic carbocycles. The van der Waals surface area contributed by atoms with Gasteiger partial charge in [-0.25, -0.2) is 0 Å². The zero-order chi connectivity index (χ0) is 22.3. The SMILES string of the molecule is CC(C)/C=C/[C@H](C)C1CC[C@@H](C2=C[C@H](O)[C@H]3C[C@@H](O)CC[C@]3(C)C2=O)[C@]1(C)CC=O. The lowest BCUT2D eigenvalue weighted by atomic mass is 9.55. The third-order valence-corrected chi connectivity index (χ3v) is 8.63. The molecule has 0 bridgehead atoms. The highest BCUT2D eigenvalue weighted by Gasteiger charge is 2.56. The number of aliphatic hydroxyl groups is 2. The Morgan fingerprint density at radius 1 is 1.13 bits per heavy atom. The molecule has 2 saturated carbocycles. The van der Waals surface area contributed by atoms with Gasteiger partial charge in [0.2, 0.25) is 0 Å². The lowest BCUT2D eigenvalue weighted by Gasteiger charge is -2.49. The molecule has 4 heteroatoms. The number of ketones is 1. The van der Waals surface area contributed by atoms with Gasteiger partial charge < -0.3 is 15.0 Å². The van der Waals surface area contributed by atoms with Crippen LogP contribution in [0.25, 0.3) is 0 Å². The Balaban J connectivity index is 1.95. The number of aldehydes is 1. The van der Waals surface area contributed by atoms with Crippen LogP contribution in [0.4, 0.5) is 0 Å². The largest absolute Gasteiger partial charge is 0.393 e. The molecule has 0 saturated heterocycles. The topological polar surface area (TPSA) is 74.6 Å². The zero-order valence-electron chi connectivity index (χ0n) is 19.3. The molecule has 2 N–H and O–H groups in total. The molecule has 0 amide bonds. The number of Topliss-reactive ketones (excluding diaryl/α,β-unsaturated/α-hetero) is 1. The van der Waals surface area contributed by atoms with Crippen LogP contribution < -0.4 is 0 Å². The molecule has 0 heterocycles. The van der Waals surface area contributed by atoms with Crippen LogP contribution in [-0.4, -0.2) is 34.5 Å². The quantitative estimate of drug-likeness (QED) is 0.494. The number of hydrogen-bond acceptors (Lipinski definition) is 4. The van der Waals surface area contributed by atoms with Crippen LogP contribution in [0.5, 0.6) is 0 Å². The molecule has 1 unspecified atom stereocenters. The monoisotopic (exact) mass is 416 g/mol. The summed E-state index contributed by atoms with van der Waals surface area (Å²) in [6.45, 7) is 10.7. The Morgan fingerprint density at radius 3 is 2.47 bits per heavy atom. The van der Waals surface area contributed by atoms with Crippen molar-refractivity contribution in [2.45, 2.75) is 85.4 Å². The summed E-state index contributed by atoms with van der Waals surface area (Å²) in [5, 5.41) is 21.0. The predicted octanol–water partition coefficient (Wildman–Crippen LogP) is 4.49. The van der Waals surface area contributed by atoms with E-state index in [0.717, 1.165) is 24.7 Å². The first-order valence-corrected chi connectivity index (χ1v) is 11.8. The predicted molar refractivity (Wildman–Crippen MR) is 119 cm³/mol. The highest BCUT2D eigenvalue weighted by Crippen LogP contribution is 2.58. The van der Waals surface area contributed by atoms with Crippen molar-refractivity contribution in [1.82, 2.24) is 0 Å². The van der Waals surface area contributed by atoms with Crippen LogP contribution >= 0.6 is 0 Å². The summed E-state index contributed by atoms with van der Waals surface area (Å²) >= 11 is 0. The van der Waals surface area contributed by atoms with Gasteiger partial charge in [0, 0.05) is 17.8 Å². The maximum absolute atomic E-state index is 13.7. The lowest BCUT2D eigenvalue weighted by Crippen LogP contribution is -2.52. The Labute approximate surface area is 181 Å². The van der Waals surface area contributed by atoms with Crippen molar-refractivity contribution in [1.29, 1.82) is 0 Å². The second-order valence-electron chi connectivity index (χ2n) is 11.0. The van der Waals surface area contributed by atoms with Gasteiger partial charge in [-0.3, -0.25) is 4.79 Å². The number of hydrogen-bond donors (Lipinski definition) is 2. The normalized spacial score (nSPS) is 43.0. The van der Waals surface area contributed by atoms with E-state index in [1.807, 2.05) is 6.92 Å². The first kappa shape index (κ1) is 23.4. The molecule has 0 spiro atoms. The van der Waals surface area contributed by atoms with E-state index in [9.17, 15) is 19.8 Å². The lowest BCUT2D eigenvalue weighted by molar-refractivity contribution is -0.138. The molecule has 0 radical (unpaired) electrons. The molecule has 0 aliphatic heterocycles. The van der Waals surface area contributed by atoms with Crippen molar-refractivity contribution in [3.05, 3.63) is 23.8 Å². The smallest absolute Gasteiger partial charge is 0.165 e. The molecule has 0 aromatic rings. The fraction of sp³-hybridized carbons (Fsp3) is 0.769. The Morgan fingerprint density at radius 2 is 1.83 bits per heavy atom. The summed E-state index contributed by atoms with van der Waals surface area (Å²) in [6.07, 6.45) is 10.1. The number of carbonyl (C=O) groups is 2. The van der Waals surface area contributed by atoms with Crippen LogP contribution in [0, 0.1) is 40.4 Å². The summed E-state index contributed by atoms with van der Waals surface area (Å²) in [5.74, 6) is 1.05. The van der Waals surface area contributed by atoms with Crippen LogP contribution in [0.1, 0.15) is 73.1 Å². The van der Waals surface area contributed by atoms with E-state index in [0.29, 0.717) is 43.4 Å². The summed E-state index contributed by atoms with van der Waals surface area (Å²) in [5.41, 5.74) is -0.169. The second-order valence-corrected chi connectivity index (χ2v) is 11.0. The van der Waals surface area contributed by atoms with Crippen molar-refractivity contribution in [2.75, 3.05) is 0 Å². The van der Waals surface area contributed by atoms with Crippen molar-refractivity contribution < 1.29 is 19.8 Å². The van der Waals surface area contributed by atoms with Gasteiger partial charge in [-0.15, -0.1) is 0 Å². The maximum atomic E-state index is 13.7. The summed E-state index contributed by atoms with van der Waals surface area (Å²) in [7, 11) is 0. The Hall–Kier alpha value is -1.26. The maximum Gasteiger partial charge on any atom is 0.165 e. The van der Waals surface area contributed by atoms with Crippen molar-refractivity contribution in [2.24, 2.45) is 40.4 Å². The average Bonchev–Trinajstić information content (AvgIpc) is 3.01. The summed E-state index contributed by atoms with van der Waals surface area (Å²) in [6, 6.07) is 0. The van der Waals surface area contributed by atoms with E-state index in [-0.39, 0.29) is 23.0 Å². The van der Waals surface area contributed by atoms with Gasteiger partial charge in [0.05, 0.1) is 12.2 Å². The number of fused-ring (bicyclic) bond motifs is 1. The van der Waals surface area contributed by atoms with Gasteiger partial charge in [-0.05, 0) is 72.8 Å². The minimum atomic E-state index is -0.713. The van der Waals surface area contributed by atoms with Gasteiger partial charge in [0.1, 0.15) is 6.29 Å². The first-order chi connectivity index (χ1) is 14.0. The molecule has 2 fully saturated rings. The van der Waals surface area contributed by atoms with E-state index in [1.165, 1.54) is 0 Å². The van der Waals surface area contributed by atoms with Gasteiger partial charge in [0.25, 0.3) is 0 Å². The fourth-order valence-electron chi connectivity index (χ4n) is 6.74. The molecule has 3 aliphatic carbocycles. The second kappa shape index (κ2) is 8.70. The van der Waals surface area contributed by atoms with Crippen LogP contribution in [0.15, 0.2) is 23.8 Å². The molecular weight excluding hydrogens is 376 g/mol. The zero-order valence-corrected chi connectivity index (χ0v) is 19.3. The number of rotatable bonds is 6. The van der Waals surface area contributed by atoms with Crippen molar-refractivity contribution in [3.63, 3.8) is 0 Å². The number of allylic oxidation sites excluding steroid dienone is 3. The van der Waals surface area contributed by atoms with Gasteiger partial charge in [-0.1, -0.05) is 46.8 Å². The molecule has 8 atom stereocenters. The van der Waals surface area contributed by atoms with Gasteiger partial charge in [0.15, 0.2) is 5.78 Å². The summed E-state index contributed by atoms with van der Waals surface area (Å²) < 4.78 is 0. The standard InChI is InChI=1S/C26H40O4/c1-16(2)6-7-17(3)20-8-9-21(25(20,4)12-13-27)19-15-23(29)22-14-18(28)10-11-26(22,5)24(19)30/h6-7,13,15-18,20-23,28-29H,8-12,14H2,1-5H3/b7-6+/t17-,18-,20?,21-,22+,23-,25+,26-/m0/s1. The Kier molecular flexibility index (Phi) is 6.79. The highest BCUT2D eigenvalue weighted by atomic mass is 16.3. The molecule has 4 nitrogen and oxygen atoms in total. The van der Waals surface area contributed by atoms with Crippen LogP contribution in [-0.2, 0) is 9.59 Å². The molecule has 30 heavy (non-hydrogen) atoms. The van der Waals surface area contributed by atoms with Gasteiger partial charge in [-0.2, -0.15) is 0 Å². The van der Waals surface area contributed by atoms with E-state index >= 15 is 0 Å². The third kappa shape index (κ3) is 3.98. The van der Waals surface area contributed by atoms with E-state index in [2.05, 4.69) is 39.8 Å². The van der Waals surface area contributed by atoms with Crippen LogP contribution in [0.3, 0.4) is 0 Å². The molecule has 0 aromatic heterocycles. The average molecular weight is 417 g/mol. The number of aliphatic hydroxyl groups excluding tert-OH is 2. The molecular formula is C26H40O4. The minimum absolute atomic E-state index is 0.00521. The molecule has 3 aliphatic rings. The molecule has 3 rings (SSSR count). The fourth-order valence-corrected chi connectivity index (χ4v) is 6.74. The number of carbonyl (C=O) groups excluding carboxylic acids is 2. The highest BCUT2D eigenvalue weighted by molar-refractivity contribution is 6.01. The van der Waals surface area contributed by atoms with Crippen LogP contribution in [0.2, 0.25) is 0 Å². The first-order valence-electron chi connectivity index (χ1n) is 11.8.